The lowest BCUT2D eigenvalue weighted by Crippen LogP contribution is -2.12. The Morgan fingerprint density at radius 3 is 2.46 bits per heavy atom. The number of aldehydes is 1. The highest BCUT2D eigenvalue weighted by atomic mass is 16.5. The number of ether oxygens (including phenoxy) is 1. The molecule has 0 rings (SSSR count). The van der Waals surface area contributed by atoms with E-state index in [0.29, 0.717) is 6.42 Å². The number of carbonyl (C=O) groups is 1. The summed E-state index contributed by atoms with van der Waals surface area (Å²) in [4.78, 5) is 10.3. The average molecular weight is 186 g/mol. The van der Waals surface area contributed by atoms with Crippen LogP contribution in [0.25, 0.3) is 0 Å². The highest BCUT2D eigenvalue weighted by molar-refractivity contribution is 5.50. The van der Waals surface area contributed by atoms with Gasteiger partial charge in [0.05, 0.1) is 6.10 Å². The van der Waals surface area contributed by atoms with Gasteiger partial charge in [0.2, 0.25) is 0 Å². The van der Waals surface area contributed by atoms with E-state index in [1.165, 1.54) is 19.3 Å². The van der Waals surface area contributed by atoms with Gasteiger partial charge >= 0.3 is 0 Å². The van der Waals surface area contributed by atoms with Crippen molar-refractivity contribution in [1.29, 1.82) is 0 Å². The van der Waals surface area contributed by atoms with Gasteiger partial charge in [-0.3, -0.25) is 0 Å². The first-order valence-corrected chi connectivity index (χ1v) is 5.21. The van der Waals surface area contributed by atoms with Crippen molar-refractivity contribution in [2.75, 3.05) is 7.11 Å². The molecule has 0 spiro atoms. The summed E-state index contributed by atoms with van der Waals surface area (Å²) in [5.74, 6) is 0.759. The Balaban J connectivity index is 3.51. The van der Waals surface area contributed by atoms with Crippen molar-refractivity contribution >= 4 is 6.29 Å². The average Bonchev–Trinajstić information content (AvgIpc) is 2.12. The number of hydrogen-bond acceptors (Lipinski definition) is 2. The van der Waals surface area contributed by atoms with Crippen molar-refractivity contribution in [1.82, 2.24) is 0 Å². The fraction of sp³-hybridized carbons (Fsp3) is 0.909. The maximum Gasteiger partial charge on any atom is 0.122 e. The lowest BCUT2D eigenvalue weighted by atomic mass is 9.97. The van der Waals surface area contributed by atoms with Gasteiger partial charge in [0, 0.05) is 13.5 Å². The standard InChI is InChI=1S/C11H22O2/c1-4-5-10(2)6-7-11(13-3)8-9-12/h9-11H,4-8H2,1-3H3. The lowest BCUT2D eigenvalue weighted by Gasteiger charge is -2.15. The van der Waals surface area contributed by atoms with Crippen LogP contribution in [-0.4, -0.2) is 19.5 Å². The van der Waals surface area contributed by atoms with Crippen LogP contribution in [0.3, 0.4) is 0 Å². The van der Waals surface area contributed by atoms with Crippen LogP contribution < -0.4 is 0 Å². The molecule has 2 unspecified atom stereocenters. The zero-order valence-electron chi connectivity index (χ0n) is 9.08. The second-order valence-corrected chi connectivity index (χ2v) is 3.73. The van der Waals surface area contributed by atoms with Gasteiger partial charge in [-0.05, 0) is 18.8 Å². The number of carbonyl (C=O) groups excluding carboxylic acids is 1. The zero-order valence-corrected chi connectivity index (χ0v) is 9.08. The molecular formula is C11H22O2. The predicted molar refractivity (Wildman–Crippen MR) is 54.8 cm³/mol. The fourth-order valence-corrected chi connectivity index (χ4v) is 1.55. The second kappa shape index (κ2) is 8.24. The van der Waals surface area contributed by atoms with Gasteiger partial charge in [0.25, 0.3) is 0 Å². The molecule has 0 saturated carbocycles. The van der Waals surface area contributed by atoms with E-state index in [1.54, 1.807) is 7.11 Å². The maximum atomic E-state index is 10.3. The molecule has 0 bridgehead atoms. The number of methoxy groups -OCH3 is 1. The highest BCUT2D eigenvalue weighted by Gasteiger charge is 2.08. The Labute approximate surface area is 81.7 Å². The quantitative estimate of drug-likeness (QED) is 0.545. The Morgan fingerprint density at radius 2 is 2.00 bits per heavy atom. The largest absolute Gasteiger partial charge is 0.381 e. The molecule has 0 amide bonds. The summed E-state index contributed by atoms with van der Waals surface area (Å²) in [5.41, 5.74) is 0. The Bertz CT molecular complexity index is 123. The fourth-order valence-electron chi connectivity index (χ4n) is 1.55. The van der Waals surface area contributed by atoms with Crippen LogP contribution in [0.15, 0.2) is 0 Å². The molecule has 2 nitrogen and oxygen atoms in total. The van der Waals surface area contributed by atoms with Gasteiger partial charge in [0.15, 0.2) is 0 Å². The van der Waals surface area contributed by atoms with Crippen molar-refractivity contribution < 1.29 is 9.53 Å². The third kappa shape index (κ3) is 6.76. The molecule has 0 radical (unpaired) electrons. The molecule has 13 heavy (non-hydrogen) atoms. The Kier molecular flexibility index (Phi) is 8.00. The maximum absolute atomic E-state index is 10.3. The van der Waals surface area contributed by atoms with E-state index in [0.717, 1.165) is 18.6 Å². The Hall–Kier alpha value is -0.370. The van der Waals surface area contributed by atoms with Crippen molar-refractivity contribution in [2.45, 2.75) is 52.1 Å². The first-order valence-electron chi connectivity index (χ1n) is 5.21. The molecule has 0 aliphatic carbocycles. The smallest absolute Gasteiger partial charge is 0.122 e. The number of rotatable bonds is 8. The molecule has 78 valence electrons. The van der Waals surface area contributed by atoms with Crippen LogP contribution in [0.5, 0.6) is 0 Å². The van der Waals surface area contributed by atoms with Crippen molar-refractivity contribution in [3.05, 3.63) is 0 Å². The molecule has 0 aromatic heterocycles. The van der Waals surface area contributed by atoms with Crippen molar-refractivity contribution in [3.8, 4) is 0 Å². The molecule has 0 saturated heterocycles. The third-order valence-electron chi connectivity index (χ3n) is 2.46. The van der Waals surface area contributed by atoms with Crippen LogP contribution in [0.4, 0.5) is 0 Å². The third-order valence-corrected chi connectivity index (χ3v) is 2.46. The van der Waals surface area contributed by atoms with Gasteiger partial charge in [0.1, 0.15) is 6.29 Å². The number of hydrogen-bond donors (Lipinski definition) is 0. The molecular weight excluding hydrogens is 164 g/mol. The van der Waals surface area contributed by atoms with Gasteiger partial charge in [-0.15, -0.1) is 0 Å². The summed E-state index contributed by atoms with van der Waals surface area (Å²) >= 11 is 0. The summed E-state index contributed by atoms with van der Waals surface area (Å²) in [7, 11) is 1.68. The molecule has 0 aromatic carbocycles. The zero-order chi connectivity index (χ0) is 10.1. The predicted octanol–water partition coefficient (Wildman–Crippen LogP) is 2.81. The summed E-state index contributed by atoms with van der Waals surface area (Å²) < 4.78 is 5.19. The van der Waals surface area contributed by atoms with Crippen LogP contribution in [0.2, 0.25) is 0 Å². The van der Waals surface area contributed by atoms with Crippen LogP contribution in [-0.2, 0) is 9.53 Å². The first-order chi connectivity index (χ1) is 6.24. The van der Waals surface area contributed by atoms with Crippen LogP contribution in [0.1, 0.15) is 46.0 Å². The summed E-state index contributed by atoms with van der Waals surface area (Å²) in [6.45, 7) is 4.47. The summed E-state index contributed by atoms with van der Waals surface area (Å²) in [6, 6.07) is 0. The van der Waals surface area contributed by atoms with Gasteiger partial charge < -0.3 is 9.53 Å². The molecule has 2 atom stereocenters. The minimum atomic E-state index is 0.136. The van der Waals surface area contributed by atoms with E-state index >= 15 is 0 Å². The van der Waals surface area contributed by atoms with Gasteiger partial charge in [-0.25, -0.2) is 0 Å². The summed E-state index contributed by atoms with van der Waals surface area (Å²) in [5, 5.41) is 0. The van der Waals surface area contributed by atoms with E-state index in [1.807, 2.05) is 0 Å². The first kappa shape index (κ1) is 12.6. The van der Waals surface area contributed by atoms with Crippen molar-refractivity contribution in [2.24, 2.45) is 5.92 Å². The molecule has 0 heterocycles. The van der Waals surface area contributed by atoms with Gasteiger partial charge in [-0.1, -0.05) is 26.7 Å². The molecule has 0 aliphatic heterocycles. The molecule has 0 N–H and O–H groups in total. The van der Waals surface area contributed by atoms with E-state index in [9.17, 15) is 4.79 Å². The van der Waals surface area contributed by atoms with E-state index < -0.39 is 0 Å². The second-order valence-electron chi connectivity index (χ2n) is 3.73. The minimum Gasteiger partial charge on any atom is -0.381 e. The molecule has 0 fully saturated rings. The topological polar surface area (TPSA) is 26.3 Å². The van der Waals surface area contributed by atoms with E-state index in [-0.39, 0.29) is 6.10 Å². The Morgan fingerprint density at radius 1 is 1.31 bits per heavy atom. The normalized spacial score (nSPS) is 15.3. The highest BCUT2D eigenvalue weighted by Crippen LogP contribution is 2.15. The SMILES string of the molecule is CCCC(C)CCC(CC=O)OC. The van der Waals surface area contributed by atoms with E-state index in [2.05, 4.69) is 13.8 Å². The van der Waals surface area contributed by atoms with Crippen molar-refractivity contribution in [3.63, 3.8) is 0 Å². The molecule has 0 aliphatic rings. The van der Waals surface area contributed by atoms with Crippen LogP contribution in [0, 0.1) is 5.92 Å². The van der Waals surface area contributed by atoms with E-state index in [4.69, 9.17) is 4.74 Å². The van der Waals surface area contributed by atoms with Crippen LogP contribution >= 0.6 is 0 Å². The lowest BCUT2D eigenvalue weighted by molar-refractivity contribution is -0.110. The summed E-state index contributed by atoms with van der Waals surface area (Å²) in [6.07, 6.45) is 6.31. The minimum absolute atomic E-state index is 0.136. The molecule has 2 heteroatoms. The monoisotopic (exact) mass is 186 g/mol. The van der Waals surface area contributed by atoms with Gasteiger partial charge in [-0.2, -0.15) is 0 Å². The molecule has 0 aromatic rings.